The van der Waals surface area contributed by atoms with Crippen molar-refractivity contribution in [1.29, 1.82) is 0 Å². The van der Waals surface area contributed by atoms with Crippen LogP contribution in [-0.4, -0.2) is 53.5 Å². The number of methoxy groups -OCH3 is 2. The predicted octanol–water partition coefficient (Wildman–Crippen LogP) is 4.33. The number of ketones is 1. The standard InChI is InChI=1S/C27H29NO7/c1-34-19-13-15-22(35-2)20(17-19)25-24(21(29)14-12-18-9-5-3-6-10-18)26(32)27(33)28(25)16-8-4-7-11-23(30)31/h3,5-6,9-10,12-15,17,25,32H,4,7-8,11,16H2,1-2H3,(H,30,31)/b14-12+. The van der Waals surface area contributed by atoms with Gasteiger partial charge in [-0.3, -0.25) is 14.4 Å². The average Bonchev–Trinajstić information content (AvgIpc) is 3.12. The number of carboxylic acid groups (broad SMARTS) is 1. The first-order chi connectivity index (χ1) is 16.9. The third-order valence-electron chi connectivity index (χ3n) is 5.82. The summed E-state index contributed by atoms with van der Waals surface area (Å²) in [5, 5.41) is 19.6. The number of benzene rings is 2. The maximum atomic E-state index is 13.3. The molecule has 1 aliphatic rings. The lowest BCUT2D eigenvalue weighted by Gasteiger charge is -2.28. The Kier molecular flexibility index (Phi) is 8.67. The van der Waals surface area contributed by atoms with Gasteiger partial charge in [0.05, 0.1) is 25.8 Å². The molecule has 0 saturated heterocycles. The molecule has 1 heterocycles. The Morgan fingerprint density at radius 2 is 1.77 bits per heavy atom. The Bertz CT molecular complexity index is 1140. The fourth-order valence-corrected chi connectivity index (χ4v) is 4.07. The van der Waals surface area contributed by atoms with E-state index in [9.17, 15) is 19.5 Å². The van der Waals surface area contributed by atoms with Crippen molar-refractivity contribution < 1.29 is 34.1 Å². The number of aliphatic hydroxyl groups excluding tert-OH is 1. The summed E-state index contributed by atoms with van der Waals surface area (Å²) in [6.45, 7) is 0.229. The van der Waals surface area contributed by atoms with Crippen molar-refractivity contribution in [3.8, 4) is 11.5 Å². The summed E-state index contributed by atoms with van der Waals surface area (Å²) in [4.78, 5) is 38.6. The highest BCUT2D eigenvalue weighted by Crippen LogP contribution is 2.43. The molecule has 0 spiro atoms. The summed E-state index contributed by atoms with van der Waals surface area (Å²) in [5.41, 5.74) is 1.27. The van der Waals surface area contributed by atoms with Crippen LogP contribution in [0.3, 0.4) is 0 Å². The fraction of sp³-hybridized carbons (Fsp3) is 0.296. The number of aliphatic hydroxyl groups is 1. The van der Waals surface area contributed by atoms with Crippen LogP contribution in [0.5, 0.6) is 11.5 Å². The zero-order valence-corrected chi connectivity index (χ0v) is 19.8. The van der Waals surface area contributed by atoms with Crippen LogP contribution in [0.1, 0.15) is 42.9 Å². The second-order valence-corrected chi connectivity index (χ2v) is 8.08. The topological polar surface area (TPSA) is 113 Å². The van der Waals surface area contributed by atoms with E-state index in [0.717, 1.165) is 5.56 Å². The largest absolute Gasteiger partial charge is 0.503 e. The highest BCUT2D eigenvalue weighted by molar-refractivity contribution is 6.14. The lowest BCUT2D eigenvalue weighted by molar-refractivity contribution is -0.137. The number of aliphatic carboxylic acids is 1. The molecule has 1 amide bonds. The lowest BCUT2D eigenvalue weighted by atomic mass is 9.94. The number of carboxylic acids is 1. The Hall–Kier alpha value is -4.07. The van der Waals surface area contributed by atoms with Gasteiger partial charge in [-0.25, -0.2) is 0 Å². The Labute approximate surface area is 204 Å². The van der Waals surface area contributed by atoms with Crippen molar-refractivity contribution in [2.45, 2.75) is 31.7 Å². The van der Waals surface area contributed by atoms with Gasteiger partial charge in [-0.15, -0.1) is 0 Å². The lowest BCUT2D eigenvalue weighted by Crippen LogP contribution is -2.32. The molecule has 8 heteroatoms. The van der Waals surface area contributed by atoms with Crippen LogP contribution in [0.15, 0.2) is 65.9 Å². The summed E-state index contributed by atoms with van der Waals surface area (Å²) in [6.07, 6.45) is 4.56. The van der Waals surface area contributed by atoms with E-state index >= 15 is 0 Å². The van der Waals surface area contributed by atoms with Gasteiger partial charge in [0.25, 0.3) is 5.91 Å². The number of nitrogens with zero attached hydrogens (tertiary/aromatic N) is 1. The van der Waals surface area contributed by atoms with E-state index in [-0.39, 0.29) is 18.5 Å². The van der Waals surface area contributed by atoms with E-state index in [1.165, 1.54) is 25.2 Å². The number of unbranched alkanes of at least 4 members (excludes halogenated alkanes) is 2. The number of hydrogen-bond acceptors (Lipinski definition) is 6. The highest BCUT2D eigenvalue weighted by atomic mass is 16.5. The zero-order chi connectivity index (χ0) is 25.4. The number of amides is 1. The molecule has 8 nitrogen and oxygen atoms in total. The molecule has 0 saturated carbocycles. The molecular weight excluding hydrogens is 450 g/mol. The van der Waals surface area contributed by atoms with Crippen LogP contribution >= 0.6 is 0 Å². The molecule has 1 atom stereocenters. The third kappa shape index (κ3) is 6.09. The van der Waals surface area contributed by atoms with Gasteiger partial charge in [0.1, 0.15) is 11.5 Å². The molecule has 1 unspecified atom stereocenters. The minimum Gasteiger partial charge on any atom is -0.503 e. The quantitative estimate of drug-likeness (QED) is 0.344. The summed E-state index contributed by atoms with van der Waals surface area (Å²) in [6, 6.07) is 13.4. The van der Waals surface area contributed by atoms with Crippen molar-refractivity contribution in [2.24, 2.45) is 0 Å². The van der Waals surface area contributed by atoms with Gasteiger partial charge in [-0.05, 0) is 42.7 Å². The highest BCUT2D eigenvalue weighted by Gasteiger charge is 2.43. The van der Waals surface area contributed by atoms with Gasteiger partial charge in [-0.1, -0.05) is 42.8 Å². The minimum absolute atomic E-state index is 0.0403. The first-order valence-electron chi connectivity index (χ1n) is 11.3. The monoisotopic (exact) mass is 479 g/mol. The van der Waals surface area contributed by atoms with Crippen LogP contribution < -0.4 is 9.47 Å². The van der Waals surface area contributed by atoms with E-state index in [1.807, 2.05) is 30.3 Å². The van der Waals surface area contributed by atoms with E-state index in [2.05, 4.69) is 0 Å². The van der Waals surface area contributed by atoms with Crippen molar-refractivity contribution in [3.05, 3.63) is 77.1 Å². The first-order valence-corrected chi connectivity index (χ1v) is 11.3. The van der Waals surface area contributed by atoms with Gasteiger partial charge in [-0.2, -0.15) is 0 Å². The SMILES string of the molecule is COc1ccc(OC)c(C2C(C(=O)/C=C/c3ccccc3)=C(O)C(=O)N2CCCCCC(=O)O)c1. The van der Waals surface area contributed by atoms with Crippen LogP contribution in [0.2, 0.25) is 0 Å². The van der Waals surface area contributed by atoms with Crippen molar-refractivity contribution >= 4 is 23.7 Å². The molecular formula is C27H29NO7. The third-order valence-corrected chi connectivity index (χ3v) is 5.82. The Morgan fingerprint density at radius 1 is 1.03 bits per heavy atom. The minimum atomic E-state index is -0.889. The van der Waals surface area contributed by atoms with Crippen molar-refractivity contribution in [3.63, 3.8) is 0 Å². The van der Waals surface area contributed by atoms with Gasteiger partial charge >= 0.3 is 5.97 Å². The molecule has 2 aromatic carbocycles. The first kappa shape index (κ1) is 25.6. The van der Waals surface area contributed by atoms with Gasteiger partial charge in [0.2, 0.25) is 0 Å². The number of carbonyl (C=O) groups excluding carboxylic acids is 2. The molecule has 3 rings (SSSR count). The number of ether oxygens (including phenoxy) is 2. The van der Waals surface area contributed by atoms with Crippen LogP contribution in [-0.2, 0) is 14.4 Å². The molecule has 0 aliphatic carbocycles. The fourth-order valence-electron chi connectivity index (χ4n) is 4.07. The maximum absolute atomic E-state index is 13.3. The van der Waals surface area contributed by atoms with E-state index in [1.54, 1.807) is 24.3 Å². The van der Waals surface area contributed by atoms with Gasteiger partial charge in [0.15, 0.2) is 11.5 Å². The summed E-state index contributed by atoms with van der Waals surface area (Å²) >= 11 is 0. The molecule has 2 N–H and O–H groups in total. The molecule has 2 aromatic rings. The molecule has 35 heavy (non-hydrogen) atoms. The Balaban J connectivity index is 1.97. The molecule has 0 bridgehead atoms. The molecule has 0 fully saturated rings. The number of allylic oxidation sites excluding steroid dienone is 1. The average molecular weight is 480 g/mol. The normalized spacial score (nSPS) is 15.7. The molecule has 184 valence electrons. The second-order valence-electron chi connectivity index (χ2n) is 8.08. The number of hydrogen-bond donors (Lipinski definition) is 2. The van der Waals surface area contributed by atoms with Crippen molar-refractivity contribution in [1.82, 2.24) is 4.90 Å². The summed E-state index contributed by atoms with van der Waals surface area (Å²) < 4.78 is 10.9. The van der Waals surface area contributed by atoms with Crippen molar-refractivity contribution in [2.75, 3.05) is 20.8 Å². The number of rotatable bonds is 12. The Morgan fingerprint density at radius 3 is 2.43 bits per heavy atom. The zero-order valence-electron chi connectivity index (χ0n) is 19.8. The summed E-state index contributed by atoms with van der Waals surface area (Å²) in [7, 11) is 2.99. The van der Waals surface area contributed by atoms with E-state index < -0.39 is 29.5 Å². The van der Waals surface area contributed by atoms with Crippen LogP contribution in [0.25, 0.3) is 6.08 Å². The van der Waals surface area contributed by atoms with Gasteiger partial charge in [0, 0.05) is 18.5 Å². The smallest absolute Gasteiger partial charge is 0.303 e. The molecule has 1 aliphatic heterocycles. The predicted molar refractivity (Wildman–Crippen MR) is 130 cm³/mol. The molecule has 0 aromatic heterocycles. The van der Waals surface area contributed by atoms with E-state index in [0.29, 0.717) is 36.3 Å². The number of carbonyl (C=O) groups is 3. The maximum Gasteiger partial charge on any atom is 0.303 e. The summed E-state index contributed by atoms with van der Waals surface area (Å²) in [5.74, 6) is -1.69. The van der Waals surface area contributed by atoms with Gasteiger partial charge < -0.3 is 24.6 Å². The van der Waals surface area contributed by atoms with E-state index in [4.69, 9.17) is 14.6 Å². The van der Waals surface area contributed by atoms with Crippen LogP contribution in [0.4, 0.5) is 0 Å². The van der Waals surface area contributed by atoms with Crippen LogP contribution in [0, 0.1) is 0 Å². The molecule has 0 radical (unpaired) electrons. The second kappa shape index (κ2) is 11.9.